The van der Waals surface area contributed by atoms with Crippen LogP contribution in [0.4, 0.5) is 0 Å². The molecule has 0 spiro atoms. The first-order chi connectivity index (χ1) is 24.0. The van der Waals surface area contributed by atoms with Gasteiger partial charge in [-0.05, 0) is 0 Å². The molecule has 4 saturated heterocycles. The van der Waals surface area contributed by atoms with Crippen LogP contribution in [0, 0.1) is 0 Å². The molecule has 4 heterocycles. The molecule has 0 aliphatic carbocycles. The van der Waals surface area contributed by atoms with E-state index in [1.807, 2.05) is 0 Å². The molecular weight excluding hydrogens is 700 g/mol. The summed E-state index contributed by atoms with van der Waals surface area (Å²) in [5.74, 6) is -1.39. The largest absolute Gasteiger partial charge is 0.394 e. The fraction of sp³-hybridized carbons (Fsp3) is 0.929. The molecule has 0 unspecified atom stereocenters. The van der Waals surface area contributed by atoms with Crippen molar-refractivity contribution in [2.24, 2.45) is 0 Å². The highest BCUT2D eigenvalue weighted by molar-refractivity contribution is 5.73. The van der Waals surface area contributed by atoms with Crippen molar-refractivity contribution in [2.45, 2.75) is 137 Å². The molecule has 2 amide bonds. The van der Waals surface area contributed by atoms with Crippen molar-refractivity contribution in [3.05, 3.63) is 0 Å². The lowest BCUT2D eigenvalue weighted by Gasteiger charge is -2.49. The molecule has 4 fully saturated rings. The van der Waals surface area contributed by atoms with Crippen molar-refractivity contribution in [1.29, 1.82) is 0 Å². The molecule has 0 aromatic carbocycles. The molecule has 23 nitrogen and oxygen atoms in total. The van der Waals surface area contributed by atoms with E-state index in [-0.39, 0.29) is 0 Å². The van der Waals surface area contributed by atoms with Gasteiger partial charge in [-0.1, -0.05) is 0 Å². The van der Waals surface area contributed by atoms with E-state index < -0.39 is 161 Å². The molecule has 0 radical (unpaired) electrons. The molecule has 4 aliphatic heterocycles. The van der Waals surface area contributed by atoms with E-state index in [9.17, 15) is 70.9 Å². The van der Waals surface area contributed by atoms with Gasteiger partial charge in [0.05, 0.1) is 26.4 Å². The Morgan fingerprint density at radius 2 is 0.941 bits per heavy atom. The van der Waals surface area contributed by atoms with Gasteiger partial charge in [0.1, 0.15) is 97.5 Å². The van der Waals surface area contributed by atoms with Crippen LogP contribution < -0.4 is 10.6 Å². The van der Waals surface area contributed by atoms with E-state index in [0.717, 1.165) is 13.8 Å². The fourth-order valence-corrected chi connectivity index (χ4v) is 6.25. The zero-order valence-corrected chi connectivity index (χ0v) is 27.4. The van der Waals surface area contributed by atoms with Crippen LogP contribution in [0.25, 0.3) is 0 Å². The van der Waals surface area contributed by atoms with Crippen LogP contribution in [0.1, 0.15) is 13.8 Å². The minimum absolute atomic E-state index is 0.656. The van der Waals surface area contributed by atoms with Crippen molar-refractivity contribution in [2.75, 3.05) is 26.4 Å². The normalized spacial score (nSPS) is 47.8. The van der Waals surface area contributed by atoms with E-state index in [4.69, 9.17) is 33.2 Å². The van der Waals surface area contributed by atoms with Crippen LogP contribution in [0.2, 0.25) is 0 Å². The average molecular weight is 749 g/mol. The van der Waals surface area contributed by atoms with Gasteiger partial charge < -0.3 is 105 Å². The molecule has 0 bridgehead atoms. The Morgan fingerprint density at radius 3 is 1.49 bits per heavy atom. The van der Waals surface area contributed by atoms with Crippen LogP contribution in [0.15, 0.2) is 0 Å². The number of hydrogen-bond acceptors (Lipinski definition) is 21. The zero-order chi connectivity index (χ0) is 37.9. The van der Waals surface area contributed by atoms with Gasteiger partial charge in [-0.25, -0.2) is 0 Å². The predicted octanol–water partition coefficient (Wildman–Crippen LogP) is -9.46. The minimum Gasteiger partial charge on any atom is -0.394 e. The van der Waals surface area contributed by atoms with Crippen LogP contribution >= 0.6 is 0 Å². The summed E-state index contributed by atoms with van der Waals surface area (Å²) in [5, 5.41) is 129. The van der Waals surface area contributed by atoms with Gasteiger partial charge in [0.15, 0.2) is 25.2 Å². The van der Waals surface area contributed by atoms with Crippen molar-refractivity contribution in [3.63, 3.8) is 0 Å². The standard InChI is InChI=1S/C28H48N2O21/c1-7(34)29-13-17(38)23(10(4-32)46-25(13)44)50-26-14(30-8(2)35)18(39)24(11(5-33)48-26)51-28-22(43)20(41)16(37)12(49-28)6-45-27-21(42)19(40)15(36)9(3-31)47-27/h9-28,31-33,36-44H,3-6H2,1-2H3,(H,29,34)(H,30,35)/t9-,10-,11-,12-,13-,14-,15-,16-,17-,18-,19+,20+,21+,22+,23-,24-,25-,26-,27+,28-/m1/s1. The number of nitrogens with one attached hydrogen (secondary N) is 2. The number of amides is 2. The highest BCUT2D eigenvalue weighted by atomic mass is 16.8. The summed E-state index contributed by atoms with van der Waals surface area (Å²) < 4.78 is 38.9. The van der Waals surface area contributed by atoms with Crippen molar-refractivity contribution in [3.8, 4) is 0 Å². The van der Waals surface area contributed by atoms with Crippen molar-refractivity contribution in [1.82, 2.24) is 10.6 Å². The Balaban J connectivity index is 1.50. The molecule has 14 N–H and O–H groups in total. The Kier molecular flexibility index (Phi) is 14.8. The van der Waals surface area contributed by atoms with E-state index in [0.29, 0.717) is 0 Å². The van der Waals surface area contributed by atoms with Crippen LogP contribution in [0.5, 0.6) is 0 Å². The highest BCUT2D eigenvalue weighted by Crippen LogP contribution is 2.33. The summed E-state index contributed by atoms with van der Waals surface area (Å²) in [6.07, 6.45) is -30.9. The van der Waals surface area contributed by atoms with Crippen LogP contribution in [-0.4, -0.2) is 222 Å². The molecule has 0 saturated carbocycles. The average Bonchev–Trinajstić information content (AvgIpc) is 3.09. The van der Waals surface area contributed by atoms with Gasteiger partial charge >= 0.3 is 0 Å². The van der Waals surface area contributed by atoms with Gasteiger partial charge in [-0.3, -0.25) is 9.59 Å². The number of carbonyl (C=O) groups excluding carboxylic acids is 2. The zero-order valence-electron chi connectivity index (χ0n) is 27.4. The van der Waals surface area contributed by atoms with E-state index in [1.54, 1.807) is 0 Å². The maximum absolute atomic E-state index is 12.2. The first-order valence-corrected chi connectivity index (χ1v) is 16.1. The topological polar surface area (TPSA) is 366 Å². The van der Waals surface area contributed by atoms with Gasteiger partial charge in [-0.2, -0.15) is 0 Å². The number of aliphatic hydroxyl groups excluding tert-OH is 12. The summed E-state index contributed by atoms with van der Waals surface area (Å²) in [4.78, 5) is 23.9. The van der Waals surface area contributed by atoms with Crippen molar-refractivity contribution < 1.29 is 104 Å². The maximum atomic E-state index is 12.2. The van der Waals surface area contributed by atoms with Crippen LogP contribution in [0.3, 0.4) is 0 Å². The molecule has 20 atom stereocenters. The number of hydrogen-bond donors (Lipinski definition) is 14. The highest BCUT2D eigenvalue weighted by Gasteiger charge is 2.54. The summed E-state index contributed by atoms with van der Waals surface area (Å²) in [7, 11) is 0. The maximum Gasteiger partial charge on any atom is 0.217 e. The van der Waals surface area contributed by atoms with E-state index in [1.165, 1.54) is 0 Å². The molecular formula is C28H48N2O21. The molecule has 0 aromatic heterocycles. The second-order valence-electron chi connectivity index (χ2n) is 12.7. The number of rotatable bonds is 12. The third kappa shape index (κ3) is 9.29. The summed E-state index contributed by atoms with van der Waals surface area (Å²) >= 11 is 0. The Bertz CT molecular complexity index is 1140. The molecule has 4 aliphatic rings. The van der Waals surface area contributed by atoms with Gasteiger partial charge in [0.25, 0.3) is 0 Å². The summed E-state index contributed by atoms with van der Waals surface area (Å²) in [5.41, 5.74) is 0. The summed E-state index contributed by atoms with van der Waals surface area (Å²) in [6.45, 7) is -0.998. The second kappa shape index (κ2) is 18.0. The quantitative estimate of drug-likeness (QED) is 0.0881. The lowest BCUT2D eigenvalue weighted by atomic mass is 9.94. The summed E-state index contributed by atoms with van der Waals surface area (Å²) in [6, 6.07) is -3.02. The lowest BCUT2D eigenvalue weighted by Crippen LogP contribution is -2.70. The molecule has 0 aromatic rings. The Morgan fingerprint density at radius 1 is 0.510 bits per heavy atom. The lowest BCUT2D eigenvalue weighted by molar-refractivity contribution is -0.365. The molecule has 4 rings (SSSR count). The molecule has 51 heavy (non-hydrogen) atoms. The Hall–Kier alpha value is -1.82. The second-order valence-corrected chi connectivity index (χ2v) is 12.7. The van der Waals surface area contributed by atoms with Crippen molar-refractivity contribution >= 4 is 11.8 Å². The Labute approximate surface area is 289 Å². The molecule has 23 heteroatoms. The first-order valence-electron chi connectivity index (χ1n) is 16.1. The fourth-order valence-electron chi connectivity index (χ4n) is 6.25. The monoisotopic (exact) mass is 748 g/mol. The third-order valence-corrected chi connectivity index (χ3v) is 8.99. The van der Waals surface area contributed by atoms with Gasteiger partial charge in [0, 0.05) is 13.8 Å². The van der Waals surface area contributed by atoms with Gasteiger partial charge in [-0.15, -0.1) is 0 Å². The number of ether oxygens (including phenoxy) is 7. The number of aliphatic hydroxyl groups is 12. The SMILES string of the molecule is CC(=O)N[C@@H]1[C@@H](O)[C@H](O[C@H]2O[C@H](CO)[C@@H](O[C@H]3O[C@H](CO[C@H]4O[C@H](CO)[C@@H](O)[C@H](O)[C@@H]4O)[C@@H](O)[C@H](O)[C@@H]3O)[C@H](O)[C@H]2NC(C)=O)[C@@H](CO)O[C@H]1O. The van der Waals surface area contributed by atoms with Gasteiger partial charge in [0.2, 0.25) is 11.8 Å². The predicted molar refractivity (Wildman–Crippen MR) is 157 cm³/mol. The number of carbonyl (C=O) groups is 2. The van der Waals surface area contributed by atoms with E-state index >= 15 is 0 Å². The van der Waals surface area contributed by atoms with Crippen LogP contribution in [-0.2, 0) is 42.7 Å². The molecule has 296 valence electrons. The van der Waals surface area contributed by atoms with E-state index in [2.05, 4.69) is 10.6 Å². The first kappa shape index (κ1) is 41.9. The smallest absolute Gasteiger partial charge is 0.217 e. The minimum atomic E-state index is -2.00. The third-order valence-electron chi connectivity index (χ3n) is 8.99.